The highest BCUT2D eigenvalue weighted by Gasteiger charge is 2.35. The van der Waals surface area contributed by atoms with Gasteiger partial charge in [-0.2, -0.15) is 0 Å². The summed E-state index contributed by atoms with van der Waals surface area (Å²) < 4.78 is 5.36. The highest BCUT2D eigenvalue weighted by Crippen LogP contribution is 2.33. The van der Waals surface area contributed by atoms with Gasteiger partial charge in [0, 0.05) is 18.7 Å². The minimum atomic E-state index is -0.542. The van der Waals surface area contributed by atoms with Crippen LogP contribution in [0.3, 0.4) is 0 Å². The molecule has 0 bridgehead atoms. The van der Waals surface area contributed by atoms with Crippen molar-refractivity contribution in [3.05, 3.63) is 53.6 Å². The molecule has 0 saturated carbocycles. The van der Waals surface area contributed by atoms with Crippen LogP contribution < -0.4 is 10.1 Å². The van der Waals surface area contributed by atoms with Gasteiger partial charge in [-0.25, -0.2) is 4.99 Å². The molecule has 152 valence electrons. The number of nitrogens with one attached hydrogen (secondary N) is 1. The molecule has 0 radical (unpaired) electrons. The summed E-state index contributed by atoms with van der Waals surface area (Å²) in [7, 11) is 1.58. The van der Waals surface area contributed by atoms with E-state index in [9.17, 15) is 9.59 Å². The van der Waals surface area contributed by atoms with Crippen LogP contribution in [0.1, 0.15) is 24.5 Å². The largest absolute Gasteiger partial charge is 0.494 e. The summed E-state index contributed by atoms with van der Waals surface area (Å²) in [5.74, 6) is 0.311. The van der Waals surface area contributed by atoms with E-state index in [-0.39, 0.29) is 18.2 Å². The fraction of sp³-hybridized carbons (Fsp3) is 0.318. The smallest absolute Gasteiger partial charge is 0.238 e. The first kappa shape index (κ1) is 20.9. The van der Waals surface area contributed by atoms with Gasteiger partial charge in [-0.3, -0.25) is 14.5 Å². The van der Waals surface area contributed by atoms with Crippen LogP contribution in [-0.4, -0.2) is 40.8 Å². The summed E-state index contributed by atoms with van der Waals surface area (Å²) in [4.78, 5) is 31.8. The molecule has 1 fully saturated rings. The zero-order valence-electron chi connectivity index (χ0n) is 17.1. The van der Waals surface area contributed by atoms with Crippen LogP contribution in [0.4, 0.5) is 11.4 Å². The van der Waals surface area contributed by atoms with Crippen molar-refractivity contribution >= 4 is 40.1 Å². The summed E-state index contributed by atoms with van der Waals surface area (Å²) in [5.41, 5.74) is 3.50. The van der Waals surface area contributed by atoms with E-state index in [1.165, 1.54) is 11.8 Å². The molecule has 1 saturated heterocycles. The summed E-state index contributed by atoms with van der Waals surface area (Å²) >= 11 is 1.31. The third-order valence-electron chi connectivity index (χ3n) is 4.69. The monoisotopic (exact) mass is 411 g/mol. The van der Waals surface area contributed by atoms with Crippen LogP contribution in [0.2, 0.25) is 0 Å². The molecule has 2 amide bonds. The van der Waals surface area contributed by atoms with E-state index in [2.05, 4.69) is 10.3 Å². The van der Waals surface area contributed by atoms with Crippen LogP contribution in [-0.2, 0) is 9.59 Å². The van der Waals surface area contributed by atoms with Crippen LogP contribution in [0.5, 0.6) is 5.75 Å². The van der Waals surface area contributed by atoms with E-state index in [1.54, 1.807) is 12.0 Å². The lowest BCUT2D eigenvalue weighted by molar-refractivity contribution is -0.129. The summed E-state index contributed by atoms with van der Waals surface area (Å²) in [5, 5.41) is 2.92. The minimum absolute atomic E-state index is 0.110. The van der Waals surface area contributed by atoms with Crippen LogP contribution >= 0.6 is 11.8 Å². The lowest BCUT2D eigenvalue weighted by atomic mass is 10.1. The quantitative estimate of drug-likeness (QED) is 0.797. The van der Waals surface area contributed by atoms with Gasteiger partial charge in [-0.1, -0.05) is 41.6 Å². The Morgan fingerprint density at radius 3 is 2.72 bits per heavy atom. The average Bonchev–Trinajstić information content (AvgIpc) is 2.70. The number of amides is 2. The number of aliphatic imine (C=N–C) groups is 1. The zero-order valence-corrected chi connectivity index (χ0v) is 17.9. The Balaban J connectivity index is 1.85. The molecule has 1 heterocycles. The molecule has 1 aliphatic heterocycles. The van der Waals surface area contributed by atoms with Crippen LogP contribution in [0.25, 0.3) is 0 Å². The molecule has 6 nitrogen and oxygen atoms in total. The van der Waals surface area contributed by atoms with Crippen molar-refractivity contribution in [1.29, 1.82) is 0 Å². The molecule has 1 aliphatic rings. The third kappa shape index (κ3) is 4.79. The number of methoxy groups -OCH3 is 1. The van der Waals surface area contributed by atoms with Gasteiger partial charge in [-0.15, -0.1) is 0 Å². The molecule has 0 aliphatic carbocycles. The van der Waals surface area contributed by atoms with E-state index in [0.29, 0.717) is 23.1 Å². The molecule has 0 aromatic heterocycles. The number of rotatable bonds is 5. The molecule has 1 N–H and O–H groups in total. The van der Waals surface area contributed by atoms with Gasteiger partial charge < -0.3 is 10.1 Å². The number of benzene rings is 2. The first-order chi connectivity index (χ1) is 13.9. The van der Waals surface area contributed by atoms with Crippen molar-refractivity contribution in [3.8, 4) is 5.75 Å². The van der Waals surface area contributed by atoms with E-state index in [1.807, 2.05) is 63.2 Å². The number of thioether (sulfide) groups is 1. The molecule has 7 heteroatoms. The predicted molar refractivity (Wildman–Crippen MR) is 118 cm³/mol. The van der Waals surface area contributed by atoms with E-state index < -0.39 is 5.25 Å². The van der Waals surface area contributed by atoms with Crippen molar-refractivity contribution in [2.75, 3.05) is 19.0 Å². The van der Waals surface area contributed by atoms with Gasteiger partial charge >= 0.3 is 0 Å². The fourth-order valence-electron chi connectivity index (χ4n) is 3.14. The molecule has 29 heavy (non-hydrogen) atoms. The topological polar surface area (TPSA) is 71.0 Å². The molecule has 0 spiro atoms. The highest BCUT2D eigenvalue weighted by atomic mass is 32.2. The Bertz CT molecular complexity index is 958. The molecule has 1 atom stereocenters. The van der Waals surface area contributed by atoms with Crippen molar-refractivity contribution in [2.24, 2.45) is 4.99 Å². The number of hydrogen-bond acceptors (Lipinski definition) is 5. The maximum Gasteiger partial charge on any atom is 0.238 e. The fourth-order valence-corrected chi connectivity index (χ4v) is 4.30. The second-order valence-electron chi connectivity index (χ2n) is 6.82. The van der Waals surface area contributed by atoms with Crippen LogP contribution in [0, 0.1) is 13.8 Å². The summed E-state index contributed by atoms with van der Waals surface area (Å²) in [6.45, 7) is 6.35. The molecule has 0 unspecified atom stereocenters. The Kier molecular flexibility index (Phi) is 6.59. The maximum atomic E-state index is 12.9. The van der Waals surface area contributed by atoms with E-state index in [0.717, 1.165) is 16.8 Å². The molecule has 2 aromatic rings. The van der Waals surface area contributed by atoms with Crippen molar-refractivity contribution in [1.82, 2.24) is 4.90 Å². The highest BCUT2D eigenvalue weighted by molar-refractivity contribution is 8.15. The number of carbonyl (C=O) groups excluding carboxylic acids is 2. The van der Waals surface area contributed by atoms with Gasteiger partial charge in [0.25, 0.3) is 0 Å². The maximum absolute atomic E-state index is 12.9. The van der Waals surface area contributed by atoms with Gasteiger partial charge in [0.15, 0.2) is 5.17 Å². The average molecular weight is 412 g/mol. The third-order valence-corrected chi connectivity index (χ3v) is 5.88. The standard InChI is InChI=1S/C22H25N3O3S/c1-5-25-20(26)13-19(21(27)23-16-11-10-14(2)12-15(16)3)29-22(25)24-17-8-6-7-9-18(17)28-4/h6-12,19H,5,13H2,1-4H3,(H,23,27)/t19-/m1/s1. The Morgan fingerprint density at radius 1 is 1.28 bits per heavy atom. The number of aryl methyl sites for hydroxylation is 2. The lowest BCUT2D eigenvalue weighted by Gasteiger charge is -2.31. The first-order valence-corrected chi connectivity index (χ1v) is 10.4. The number of para-hydroxylation sites is 2. The molecule has 3 rings (SSSR count). The number of anilines is 1. The van der Waals surface area contributed by atoms with Crippen molar-refractivity contribution in [2.45, 2.75) is 32.4 Å². The minimum Gasteiger partial charge on any atom is -0.494 e. The number of ether oxygens (including phenoxy) is 1. The number of amidine groups is 1. The lowest BCUT2D eigenvalue weighted by Crippen LogP contribution is -2.45. The molecule has 2 aromatic carbocycles. The summed E-state index contributed by atoms with van der Waals surface area (Å²) in [6.07, 6.45) is 0.139. The number of nitrogens with zero attached hydrogens (tertiary/aromatic N) is 2. The first-order valence-electron chi connectivity index (χ1n) is 9.49. The molecular formula is C22H25N3O3S. The zero-order chi connectivity index (χ0) is 21.0. The van der Waals surface area contributed by atoms with Gasteiger partial charge in [0.2, 0.25) is 11.8 Å². The Hall–Kier alpha value is -2.80. The van der Waals surface area contributed by atoms with E-state index >= 15 is 0 Å². The van der Waals surface area contributed by atoms with Gasteiger partial charge in [-0.05, 0) is 44.5 Å². The normalized spacial score (nSPS) is 18.1. The SMILES string of the molecule is CCN1C(=O)C[C@H](C(=O)Nc2ccc(C)cc2C)SC1=Nc1ccccc1OC. The summed E-state index contributed by atoms with van der Waals surface area (Å²) in [6, 6.07) is 13.2. The Morgan fingerprint density at radius 2 is 2.03 bits per heavy atom. The van der Waals surface area contributed by atoms with Crippen LogP contribution in [0.15, 0.2) is 47.5 Å². The molecular weight excluding hydrogens is 386 g/mol. The van der Waals surface area contributed by atoms with E-state index in [4.69, 9.17) is 4.74 Å². The Labute approximate surface area is 175 Å². The van der Waals surface area contributed by atoms with Crippen molar-refractivity contribution in [3.63, 3.8) is 0 Å². The van der Waals surface area contributed by atoms with Crippen molar-refractivity contribution < 1.29 is 14.3 Å². The van der Waals surface area contributed by atoms with Gasteiger partial charge in [0.1, 0.15) is 16.7 Å². The second kappa shape index (κ2) is 9.13. The number of carbonyl (C=O) groups is 2. The number of hydrogen-bond donors (Lipinski definition) is 1. The predicted octanol–water partition coefficient (Wildman–Crippen LogP) is 4.29. The van der Waals surface area contributed by atoms with Gasteiger partial charge in [0.05, 0.1) is 7.11 Å². The second-order valence-corrected chi connectivity index (χ2v) is 7.99.